The van der Waals surface area contributed by atoms with E-state index in [0.717, 1.165) is 35.3 Å². The van der Waals surface area contributed by atoms with E-state index in [1.807, 2.05) is 30.3 Å². The van der Waals surface area contributed by atoms with Gasteiger partial charge < -0.3 is 4.98 Å². The Hall–Kier alpha value is -2.13. The van der Waals surface area contributed by atoms with Crippen molar-refractivity contribution >= 4 is 28.4 Å². The number of benzene rings is 1. The maximum Gasteiger partial charge on any atom is 0.178 e. The molecule has 3 aromatic rings. The lowest BCUT2D eigenvalue weighted by Gasteiger charge is -2.24. The smallest absolute Gasteiger partial charge is 0.178 e. The third kappa shape index (κ3) is 2.36. The zero-order valence-corrected chi connectivity index (χ0v) is 13.7. The number of carbonyl (C=O) groups excluding carboxylic acids is 1. The number of rotatable bonds is 2. The Balaban J connectivity index is 1.92. The van der Waals surface area contributed by atoms with Gasteiger partial charge in [-0.25, -0.2) is 4.98 Å². The second-order valence-electron chi connectivity index (χ2n) is 6.13. The fraction of sp³-hybridized carbons (Fsp3) is 0.263. The minimum Gasteiger partial charge on any atom is -0.343 e. The number of aromatic nitrogens is 2. The van der Waals surface area contributed by atoms with Crippen molar-refractivity contribution in [2.75, 3.05) is 0 Å². The molecule has 23 heavy (non-hydrogen) atoms. The molecule has 1 atom stereocenters. The molecular weight excluding hydrogens is 308 g/mol. The first-order valence-electron chi connectivity index (χ1n) is 7.92. The Morgan fingerprint density at radius 3 is 2.87 bits per heavy atom. The van der Waals surface area contributed by atoms with Crippen molar-refractivity contribution in [2.45, 2.75) is 32.1 Å². The van der Waals surface area contributed by atoms with Crippen molar-refractivity contribution in [3.8, 4) is 0 Å². The highest BCUT2D eigenvalue weighted by molar-refractivity contribution is 6.31. The Morgan fingerprint density at radius 2 is 2.09 bits per heavy atom. The average molecular weight is 325 g/mol. The van der Waals surface area contributed by atoms with Gasteiger partial charge in [0, 0.05) is 28.9 Å². The minimum atomic E-state index is -0.0119. The van der Waals surface area contributed by atoms with Crippen LogP contribution in [0.3, 0.4) is 0 Å². The van der Waals surface area contributed by atoms with Gasteiger partial charge in [0.1, 0.15) is 11.3 Å². The molecule has 0 bridgehead atoms. The molecule has 1 N–H and O–H groups in total. The van der Waals surface area contributed by atoms with E-state index in [1.54, 1.807) is 6.92 Å². The van der Waals surface area contributed by atoms with Crippen LogP contribution in [0.15, 0.2) is 36.4 Å². The van der Waals surface area contributed by atoms with Crippen LogP contribution in [-0.2, 0) is 6.42 Å². The van der Waals surface area contributed by atoms with Gasteiger partial charge in [0.05, 0.1) is 0 Å². The SMILES string of the molecule is CC(=O)c1ccc2c3c([nH]c2n1)CCCC3c1ccccc1Cl. The number of hydrogen-bond donors (Lipinski definition) is 1. The molecule has 1 aliphatic carbocycles. The fourth-order valence-electron chi connectivity index (χ4n) is 3.63. The predicted octanol–water partition coefficient (Wildman–Crippen LogP) is 4.89. The maximum atomic E-state index is 11.6. The van der Waals surface area contributed by atoms with E-state index in [0.29, 0.717) is 5.69 Å². The third-order valence-electron chi connectivity index (χ3n) is 4.69. The summed E-state index contributed by atoms with van der Waals surface area (Å²) in [6.07, 6.45) is 3.22. The van der Waals surface area contributed by atoms with Crippen LogP contribution in [0.4, 0.5) is 0 Å². The molecule has 1 unspecified atom stereocenters. The molecule has 116 valence electrons. The predicted molar refractivity (Wildman–Crippen MR) is 92.3 cm³/mol. The highest BCUT2D eigenvalue weighted by Crippen LogP contribution is 2.42. The lowest BCUT2D eigenvalue weighted by Crippen LogP contribution is -2.10. The van der Waals surface area contributed by atoms with Crippen LogP contribution in [0.5, 0.6) is 0 Å². The van der Waals surface area contributed by atoms with Crippen LogP contribution in [0, 0.1) is 0 Å². The second kappa shape index (κ2) is 5.50. The number of H-pyrrole nitrogens is 1. The van der Waals surface area contributed by atoms with Crippen LogP contribution in [0.1, 0.15) is 53.0 Å². The molecule has 0 radical (unpaired) electrons. The lowest BCUT2D eigenvalue weighted by atomic mass is 9.81. The Morgan fingerprint density at radius 1 is 1.26 bits per heavy atom. The second-order valence-corrected chi connectivity index (χ2v) is 6.54. The molecule has 2 heterocycles. The van der Waals surface area contributed by atoms with Gasteiger partial charge >= 0.3 is 0 Å². The summed E-state index contributed by atoms with van der Waals surface area (Å²) in [4.78, 5) is 19.5. The molecule has 1 aliphatic rings. The Kier molecular flexibility index (Phi) is 3.46. The number of pyridine rings is 1. The van der Waals surface area contributed by atoms with E-state index in [4.69, 9.17) is 11.6 Å². The van der Waals surface area contributed by atoms with E-state index >= 15 is 0 Å². The van der Waals surface area contributed by atoms with Crippen molar-refractivity contribution < 1.29 is 4.79 Å². The number of Topliss-reactive ketones (excluding diaryl/α,β-unsaturated/α-hetero) is 1. The summed E-state index contributed by atoms with van der Waals surface area (Å²) >= 11 is 6.44. The van der Waals surface area contributed by atoms with Crippen molar-refractivity contribution in [3.05, 3.63) is 63.9 Å². The number of nitrogens with one attached hydrogen (secondary N) is 1. The summed E-state index contributed by atoms with van der Waals surface area (Å²) in [5.74, 6) is 0.272. The van der Waals surface area contributed by atoms with Crippen LogP contribution < -0.4 is 0 Å². The van der Waals surface area contributed by atoms with Crippen LogP contribution in [0.25, 0.3) is 11.0 Å². The number of fused-ring (bicyclic) bond motifs is 3. The van der Waals surface area contributed by atoms with Crippen LogP contribution in [0.2, 0.25) is 5.02 Å². The first-order chi connectivity index (χ1) is 11.1. The summed E-state index contributed by atoms with van der Waals surface area (Å²) < 4.78 is 0. The molecule has 0 spiro atoms. The number of ketones is 1. The summed E-state index contributed by atoms with van der Waals surface area (Å²) in [5, 5.41) is 1.92. The molecule has 0 fully saturated rings. The Labute approximate surface area is 139 Å². The van der Waals surface area contributed by atoms with Gasteiger partial charge in [-0.3, -0.25) is 4.79 Å². The number of carbonyl (C=O) groups is 1. The van der Waals surface area contributed by atoms with E-state index in [1.165, 1.54) is 16.8 Å². The van der Waals surface area contributed by atoms with Crippen molar-refractivity contribution in [1.29, 1.82) is 0 Å². The van der Waals surface area contributed by atoms with Gasteiger partial charge in [-0.1, -0.05) is 29.8 Å². The molecular formula is C19H17ClN2O. The molecule has 3 nitrogen and oxygen atoms in total. The van der Waals surface area contributed by atoms with Crippen molar-refractivity contribution in [2.24, 2.45) is 0 Å². The highest BCUT2D eigenvalue weighted by Gasteiger charge is 2.27. The molecule has 1 aromatic carbocycles. The molecule has 0 amide bonds. The molecule has 0 saturated carbocycles. The minimum absolute atomic E-state index is 0.0119. The van der Waals surface area contributed by atoms with Gasteiger partial charge in [0.25, 0.3) is 0 Å². The first kappa shape index (κ1) is 14.5. The number of nitrogens with zero attached hydrogens (tertiary/aromatic N) is 1. The zero-order chi connectivity index (χ0) is 16.0. The quantitative estimate of drug-likeness (QED) is 0.682. The monoisotopic (exact) mass is 324 g/mol. The topological polar surface area (TPSA) is 45.8 Å². The summed E-state index contributed by atoms with van der Waals surface area (Å²) in [7, 11) is 0. The number of aromatic amines is 1. The fourth-order valence-corrected chi connectivity index (χ4v) is 3.90. The maximum absolute atomic E-state index is 11.6. The standard InChI is InChI=1S/C19H17ClN2O/c1-11(23)16-10-9-14-18-13(12-5-2-3-7-15(12)20)6-4-8-17(18)22-19(14)21-16/h2-3,5,7,9-10,13H,4,6,8H2,1H3,(H,21,22). The molecule has 4 heteroatoms. The van der Waals surface area contributed by atoms with Gasteiger partial charge in [0.2, 0.25) is 0 Å². The number of halogens is 1. The largest absolute Gasteiger partial charge is 0.343 e. The molecule has 0 saturated heterocycles. The van der Waals surface area contributed by atoms with E-state index in [-0.39, 0.29) is 11.7 Å². The number of aryl methyl sites for hydroxylation is 1. The van der Waals surface area contributed by atoms with Crippen LogP contribution >= 0.6 is 11.6 Å². The number of hydrogen-bond acceptors (Lipinski definition) is 2. The average Bonchev–Trinajstić information content (AvgIpc) is 2.93. The van der Waals surface area contributed by atoms with Gasteiger partial charge in [0.15, 0.2) is 5.78 Å². The van der Waals surface area contributed by atoms with E-state index < -0.39 is 0 Å². The van der Waals surface area contributed by atoms with Gasteiger partial charge in [-0.05, 0) is 48.6 Å². The molecule has 0 aliphatic heterocycles. The van der Waals surface area contributed by atoms with Crippen molar-refractivity contribution in [3.63, 3.8) is 0 Å². The molecule has 2 aromatic heterocycles. The van der Waals surface area contributed by atoms with Crippen molar-refractivity contribution in [1.82, 2.24) is 9.97 Å². The Bertz CT molecular complexity index is 913. The highest BCUT2D eigenvalue weighted by atomic mass is 35.5. The normalized spacial score (nSPS) is 17.2. The van der Waals surface area contributed by atoms with Crippen LogP contribution in [-0.4, -0.2) is 15.8 Å². The molecule has 4 rings (SSSR count). The lowest BCUT2D eigenvalue weighted by molar-refractivity contribution is 0.101. The van der Waals surface area contributed by atoms with Gasteiger partial charge in [-0.15, -0.1) is 0 Å². The first-order valence-corrected chi connectivity index (χ1v) is 8.30. The summed E-state index contributed by atoms with van der Waals surface area (Å²) in [5.41, 5.74) is 5.00. The summed E-state index contributed by atoms with van der Waals surface area (Å²) in [6, 6.07) is 11.9. The summed E-state index contributed by atoms with van der Waals surface area (Å²) in [6.45, 7) is 1.55. The third-order valence-corrected chi connectivity index (χ3v) is 5.03. The van der Waals surface area contributed by atoms with Gasteiger partial charge in [-0.2, -0.15) is 0 Å². The zero-order valence-electron chi connectivity index (χ0n) is 12.9. The van der Waals surface area contributed by atoms with E-state index in [9.17, 15) is 4.79 Å². The van der Waals surface area contributed by atoms with E-state index in [2.05, 4.69) is 16.0 Å².